The van der Waals surface area contributed by atoms with E-state index in [4.69, 9.17) is 0 Å². The highest BCUT2D eigenvalue weighted by atomic mass is 32.1. The maximum atomic E-state index is 12.1. The fraction of sp³-hybridized carbons (Fsp3) is 0.167. The normalized spacial score (nSPS) is 14.0. The van der Waals surface area contributed by atoms with E-state index in [1.807, 2.05) is 83.5 Å². The van der Waals surface area contributed by atoms with Crippen molar-refractivity contribution < 1.29 is 10.2 Å². The number of aliphatic hydroxyl groups excluding tert-OH is 1. The number of allylic oxidation sites excluding steroid dienone is 2. The number of rotatable bonds is 5. The van der Waals surface area contributed by atoms with E-state index in [0.29, 0.717) is 17.9 Å². The lowest BCUT2D eigenvalue weighted by molar-refractivity contribution is 0.220. The van der Waals surface area contributed by atoms with Crippen molar-refractivity contribution in [2.45, 2.75) is 39.0 Å². The van der Waals surface area contributed by atoms with Crippen LogP contribution in [-0.4, -0.2) is 19.9 Å². The minimum Gasteiger partial charge on any atom is -0.503 e. The molecule has 2 aromatic heterocycles. The molecule has 0 fully saturated rings. The summed E-state index contributed by atoms with van der Waals surface area (Å²) in [6, 6.07) is 31.1. The molecule has 1 aliphatic carbocycles. The fourth-order valence-electron chi connectivity index (χ4n) is 5.44. The van der Waals surface area contributed by atoms with Crippen molar-refractivity contribution >= 4 is 11.3 Å². The Hall–Kier alpha value is -4.72. The molecule has 0 spiro atoms. The van der Waals surface area contributed by atoms with E-state index >= 15 is 0 Å². The van der Waals surface area contributed by atoms with Gasteiger partial charge in [-0.2, -0.15) is 0 Å². The molecule has 7 heteroatoms. The van der Waals surface area contributed by atoms with Gasteiger partial charge in [0.2, 0.25) is 5.43 Å². The van der Waals surface area contributed by atoms with Crippen LogP contribution >= 0.6 is 11.3 Å². The number of hydrogen-bond acceptors (Lipinski definition) is 6. The summed E-state index contributed by atoms with van der Waals surface area (Å²) in [7, 11) is 0. The van der Waals surface area contributed by atoms with Gasteiger partial charge in [0.05, 0.1) is 23.0 Å². The van der Waals surface area contributed by atoms with E-state index in [1.165, 1.54) is 11.6 Å². The van der Waals surface area contributed by atoms with Gasteiger partial charge in [0.25, 0.3) is 0 Å². The third-order valence-electron chi connectivity index (χ3n) is 7.48. The van der Waals surface area contributed by atoms with Crippen LogP contribution in [0.2, 0.25) is 0 Å². The van der Waals surface area contributed by atoms with Crippen LogP contribution in [0, 0.1) is 0 Å². The third-order valence-corrected chi connectivity index (χ3v) is 8.30. The van der Waals surface area contributed by atoms with Crippen LogP contribution in [-0.2, 0) is 6.54 Å². The Morgan fingerprint density at radius 1 is 0.814 bits per heavy atom. The first-order valence-electron chi connectivity index (χ1n) is 14.0. The molecule has 1 unspecified atom stereocenters. The van der Waals surface area contributed by atoms with Gasteiger partial charge in [-0.25, -0.2) is 4.98 Å². The number of nitrogens with zero attached hydrogens (tertiary/aromatic N) is 3. The lowest BCUT2D eigenvalue weighted by Gasteiger charge is -2.40. The summed E-state index contributed by atoms with van der Waals surface area (Å²) in [5, 5.41) is 22.8. The molecule has 2 aliphatic rings. The first kappa shape index (κ1) is 29.8. The van der Waals surface area contributed by atoms with E-state index in [0.717, 1.165) is 34.4 Å². The number of thiazole rings is 1. The first-order valence-corrected chi connectivity index (χ1v) is 14.8. The number of aromatic hydroxyl groups is 1. The van der Waals surface area contributed by atoms with Gasteiger partial charge >= 0.3 is 0 Å². The molecule has 1 atom stereocenters. The highest BCUT2D eigenvalue weighted by molar-refractivity contribution is 7.10. The Morgan fingerprint density at radius 2 is 1.42 bits per heavy atom. The van der Waals surface area contributed by atoms with Gasteiger partial charge in [-0.1, -0.05) is 117 Å². The quantitative estimate of drug-likeness (QED) is 0.221. The lowest BCUT2D eigenvalue weighted by atomic mass is 9.93. The second-order valence-corrected chi connectivity index (χ2v) is 11.1. The SMILES string of the molecule is C.O=c1ccn2c(c1O)-c1ncsc1CN2C(C1=CCCC=C1)c1ccccc1.OC(c1ccccc1)c1ccccc1. The first-order chi connectivity index (χ1) is 20.6. The standard InChI is InChI=1S/C22H19N3O2S.C13H12O.CH4/c26-17-11-12-24-21(22(17)27)19-18(28-14-23-19)13-25(24)20(15-7-3-1-4-8-15)16-9-5-2-6-10-16;14-13(11-7-3-1-4-8-11)12-9-5-2-6-10-12;/h1,3-5,7-12,14,20,27H,2,6,13H2;1-10,13-14H;1H4. The van der Waals surface area contributed by atoms with E-state index in [2.05, 4.69) is 40.4 Å². The van der Waals surface area contributed by atoms with Crippen LogP contribution in [0.25, 0.3) is 11.4 Å². The van der Waals surface area contributed by atoms with Gasteiger partial charge in [-0.15, -0.1) is 11.3 Å². The fourth-order valence-corrected chi connectivity index (χ4v) is 6.19. The molecule has 0 saturated carbocycles. The topological polar surface area (TPSA) is 78.6 Å². The van der Waals surface area contributed by atoms with Crippen molar-refractivity contribution in [2.75, 3.05) is 5.01 Å². The van der Waals surface area contributed by atoms with Crippen molar-refractivity contribution in [3.8, 4) is 17.1 Å². The van der Waals surface area contributed by atoms with Crippen molar-refractivity contribution in [1.82, 2.24) is 9.66 Å². The van der Waals surface area contributed by atoms with Gasteiger partial charge in [0.1, 0.15) is 17.5 Å². The van der Waals surface area contributed by atoms with Crippen LogP contribution in [0.4, 0.5) is 0 Å². The predicted molar refractivity (Wildman–Crippen MR) is 175 cm³/mol. The molecule has 43 heavy (non-hydrogen) atoms. The molecular formula is C36H35N3O3S. The zero-order valence-corrected chi connectivity index (χ0v) is 23.8. The van der Waals surface area contributed by atoms with Crippen LogP contribution < -0.4 is 10.4 Å². The molecule has 7 rings (SSSR count). The Labute approximate surface area is 256 Å². The molecule has 0 amide bonds. The number of pyridine rings is 1. The maximum Gasteiger partial charge on any atom is 0.224 e. The second-order valence-electron chi connectivity index (χ2n) is 10.2. The van der Waals surface area contributed by atoms with E-state index < -0.39 is 6.10 Å². The van der Waals surface area contributed by atoms with E-state index in [-0.39, 0.29) is 24.6 Å². The van der Waals surface area contributed by atoms with Gasteiger partial charge in [0, 0.05) is 12.3 Å². The van der Waals surface area contributed by atoms with Crippen LogP contribution in [0.15, 0.2) is 137 Å². The highest BCUT2D eigenvalue weighted by Gasteiger charge is 2.33. The van der Waals surface area contributed by atoms with E-state index in [9.17, 15) is 15.0 Å². The summed E-state index contributed by atoms with van der Waals surface area (Å²) in [4.78, 5) is 17.6. The molecule has 5 aromatic rings. The van der Waals surface area contributed by atoms with E-state index in [1.54, 1.807) is 23.0 Å². The van der Waals surface area contributed by atoms with Crippen molar-refractivity contribution in [3.05, 3.63) is 164 Å². The van der Waals surface area contributed by atoms with Crippen molar-refractivity contribution in [3.63, 3.8) is 0 Å². The molecule has 2 N–H and O–H groups in total. The molecule has 218 valence electrons. The minimum atomic E-state index is -0.516. The summed E-state index contributed by atoms with van der Waals surface area (Å²) in [6.45, 7) is 0.653. The molecule has 3 heterocycles. The Kier molecular flexibility index (Phi) is 9.35. The second kappa shape index (κ2) is 13.5. The third kappa shape index (κ3) is 6.23. The van der Waals surface area contributed by atoms with Crippen LogP contribution in [0.1, 0.15) is 54.0 Å². The molecule has 6 nitrogen and oxygen atoms in total. The summed E-state index contributed by atoms with van der Waals surface area (Å²) in [5.41, 5.74) is 6.78. The zero-order chi connectivity index (χ0) is 28.9. The van der Waals surface area contributed by atoms with Gasteiger partial charge < -0.3 is 10.2 Å². The summed E-state index contributed by atoms with van der Waals surface area (Å²) in [5.74, 6) is -0.251. The molecule has 0 saturated heterocycles. The molecule has 1 aliphatic heterocycles. The monoisotopic (exact) mass is 589 g/mol. The molecule has 0 bridgehead atoms. The number of hydrogen-bond donors (Lipinski definition) is 2. The smallest absolute Gasteiger partial charge is 0.224 e. The number of aliphatic hydroxyl groups is 1. The van der Waals surface area contributed by atoms with Gasteiger partial charge in [-0.3, -0.25) is 14.5 Å². The minimum absolute atomic E-state index is 0. The summed E-state index contributed by atoms with van der Waals surface area (Å²) in [6.07, 6.45) is 9.95. The average molecular weight is 590 g/mol. The Bertz CT molecular complexity index is 1720. The zero-order valence-electron chi connectivity index (χ0n) is 23.0. The van der Waals surface area contributed by atoms with Crippen molar-refractivity contribution in [1.29, 1.82) is 0 Å². The van der Waals surface area contributed by atoms with Crippen LogP contribution in [0.3, 0.4) is 0 Å². The maximum absolute atomic E-state index is 12.1. The van der Waals surface area contributed by atoms with Gasteiger partial charge in [0.15, 0.2) is 5.75 Å². The molecular weight excluding hydrogens is 554 g/mol. The number of benzene rings is 3. The highest BCUT2D eigenvalue weighted by Crippen LogP contribution is 2.40. The van der Waals surface area contributed by atoms with Crippen molar-refractivity contribution in [2.24, 2.45) is 0 Å². The predicted octanol–water partition coefficient (Wildman–Crippen LogP) is 7.55. The number of fused-ring (bicyclic) bond motifs is 3. The Balaban J connectivity index is 0.000000208. The molecule has 3 aromatic carbocycles. The largest absolute Gasteiger partial charge is 0.503 e. The van der Waals surface area contributed by atoms with Crippen LogP contribution in [0.5, 0.6) is 5.75 Å². The molecule has 0 radical (unpaired) electrons. The summed E-state index contributed by atoms with van der Waals surface area (Å²) >= 11 is 1.55. The summed E-state index contributed by atoms with van der Waals surface area (Å²) < 4.78 is 1.89. The Morgan fingerprint density at radius 3 is 2.00 bits per heavy atom. The lowest BCUT2D eigenvalue weighted by Crippen LogP contribution is -2.42. The number of aromatic nitrogens is 2. The average Bonchev–Trinajstić information content (AvgIpc) is 3.53. The van der Waals surface area contributed by atoms with Gasteiger partial charge in [-0.05, 0) is 35.1 Å².